The fourth-order valence-corrected chi connectivity index (χ4v) is 3.68. The van der Waals surface area contributed by atoms with Gasteiger partial charge in [0.15, 0.2) is 0 Å². The van der Waals surface area contributed by atoms with Crippen LogP contribution in [0.2, 0.25) is 0 Å². The Morgan fingerprint density at radius 1 is 0.692 bits per heavy atom. The maximum atomic E-state index is 12.1. The second kappa shape index (κ2) is 19.2. The van der Waals surface area contributed by atoms with E-state index in [0.717, 1.165) is 25.9 Å². The van der Waals surface area contributed by atoms with Crippen molar-refractivity contribution in [2.45, 2.75) is 130 Å². The lowest BCUT2D eigenvalue weighted by atomic mass is 10.0. The fourth-order valence-electron chi connectivity index (χ4n) is 3.68. The second-order valence-electron chi connectivity index (χ2n) is 7.71. The molecule has 0 fully saturated rings. The maximum Gasteiger partial charge on any atom is 0.221 e. The summed E-state index contributed by atoms with van der Waals surface area (Å²) in [6.07, 6.45) is 19.4. The first-order chi connectivity index (χ1) is 12.7. The largest absolute Gasteiger partial charge is 0.341 e. The van der Waals surface area contributed by atoms with Crippen LogP contribution in [-0.4, -0.2) is 30.1 Å². The molecule has 0 rings (SSSR count). The minimum absolute atomic E-state index is 0.208. The Bertz CT molecular complexity index is 303. The van der Waals surface area contributed by atoms with Crippen molar-refractivity contribution in [3.63, 3.8) is 0 Å². The number of nitrogens with one attached hydrogen (secondary N) is 1. The Balaban J connectivity index is 3.45. The molecule has 156 valence electrons. The quantitative estimate of drug-likeness (QED) is 0.204. The highest BCUT2D eigenvalue weighted by Crippen LogP contribution is 2.13. The molecule has 0 aromatic rings. The van der Waals surface area contributed by atoms with Gasteiger partial charge in [0.2, 0.25) is 5.91 Å². The highest BCUT2D eigenvalue weighted by Gasteiger charge is 2.15. The molecule has 0 saturated carbocycles. The lowest BCUT2D eigenvalue weighted by Crippen LogP contribution is -2.47. The van der Waals surface area contributed by atoms with Gasteiger partial charge in [0.25, 0.3) is 0 Å². The summed E-state index contributed by atoms with van der Waals surface area (Å²) in [5.41, 5.74) is 0. The van der Waals surface area contributed by atoms with E-state index < -0.39 is 0 Å². The summed E-state index contributed by atoms with van der Waals surface area (Å²) < 4.78 is 0. The normalized spacial score (nSPS) is 12.5. The third-order valence-electron chi connectivity index (χ3n) is 5.47. The van der Waals surface area contributed by atoms with Gasteiger partial charge in [-0.05, 0) is 25.9 Å². The van der Waals surface area contributed by atoms with Crippen molar-refractivity contribution >= 4 is 5.91 Å². The van der Waals surface area contributed by atoms with Crippen LogP contribution >= 0.6 is 0 Å². The summed E-state index contributed by atoms with van der Waals surface area (Å²) >= 11 is 0. The maximum absolute atomic E-state index is 12.1. The van der Waals surface area contributed by atoms with E-state index in [-0.39, 0.29) is 12.1 Å². The number of rotatable bonds is 19. The third kappa shape index (κ3) is 14.6. The van der Waals surface area contributed by atoms with E-state index in [1.165, 1.54) is 77.0 Å². The van der Waals surface area contributed by atoms with Crippen LogP contribution < -0.4 is 5.32 Å². The number of hydrogen-bond donors (Lipinski definition) is 1. The Morgan fingerprint density at radius 2 is 1.12 bits per heavy atom. The summed E-state index contributed by atoms with van der Waals surface area (Å²) in [7, 11) is 0. The zero-order chi connectivity index (χ0) is 19.5. The van der Waals surface area contributed by atoms with Crippen LogP contribution in [0, 0.1) is 0 Å². The first-order valence-electron chi connectivity index (χ1n) is 11.7. The van der Waals surface area contributed by atoms with Crippen molar-refractivity contribution in [3.8, 4) is 0 Å². The molecule has 26 heavy (non-hydrogen) atoms. The van der Waals surface area contributed by atoms with Crippen molar-refractivity contribution in [1.82, 2.24) is 10.2 Å². The predicted molar refractivity (Wildman–Crippen MR) is 115 cm³/mol. The Morgan fingerprint density at radius 3 is 1.50 bits per heavy atom. The van der Waals surface area contributed by atoms with Gasteiger partial charge in [-0.15, -0.1) is 0 Å². The Kier molecular flexibility index (Phi) is 18.8. The van der Waals surface area contributed by atoms with Gasteiger partial charge in [0.05, 0.1) is 6.17 Å². The van der Waals surface area contributed by atoms with E-state index >= 15 is 0 Å². The van der Waals surface area contributed by atoms with Crippen LogP contribution in [-0.2, 0) is 4.79 Å². The molecule has 0 aromatic carbocycles. The number of hydrogen-bond acceptors (Lipinski definition) is 2. The molecule has 1 N–H and O–H groups in total. The van der Waals surface area contributed by atoms with E-state index in [9.17, 15) is 4.79 Å². The van der Waals surface area contributed by atoms with Crippen molar-refractivity contribution in [3.05, 3.63) is 0 Å². The molecular formula is C23H48N2O. The van der Waals surface area contributed by atoms with E-state index in [2.05, 4.69) is 37.9 Å². The molecule has 0 heterocycles. The molecule has 1 amide bonds. The Labute approximate surface area is 164 Å². The van der Waals surface area contributed by atoms with Crippen LogP contribution in [0.3, 0.4) is 0 Å². The smallest absolute Gasteiger partial charge is 0.221 e. The van der Waals surface area contributed by atoms with Gasteiger partial charge >= 0.3 is 0 Å². The molecule has 3 nitrogen and oxygen atoms in total. The van der Waals surface area contributed by atoms with E-state index in [1.54, 1.807) is 0 Å². The zero-order valence-corrected chi connectivity index (χ0v) is 18.5. The molecule has 0 aliphatic heterocycles. The second-order valence-corrected chi connectivity index (χ2v) is 7.71. The predicted octanol–water partition coefficient (Wildman–Crippen LogP) is 6.66. The minimum atomic E-state index is 0.208. The van der Waals surface area contributed by atoms with Gasteiger partial charge in [0.1, 0.15) is 0 Å². The molecule has 3 heteroatoms. The van der Waals surface area contributed by atoms with Gasteiger partial charge in [-0.3, -0.25) is 9.69 Å². The van der Waals surface area contributed by atoms with Crippen molar-refractivity contribution in [2.24, 2.45) is 0 Å². The lowest BCUT2D eigenvalue weighted by Gasteiger charge is -2.29. The van der Waals surface area contributed by atoms with Gasteiger partial charge < -0.3 is 5.32 Å². The van der Waals surface area contributed by atoms with E-state index in [1.807, 2.05) is 0 Å². The standard InChI is InChI=1S/C23H48N2O/c1-5-9-10-11-12-13-14-15-16-17-18-19-20-21-23(26)24-22(6-2)25(7-3)8-4/h22H,5-21H2,1-4H3,(H,24,26). The highest BCUT2D eigenvalue weighted by atomic mass is 16.1. The summed E-state index contributed by atoms with van der Waals surface area (Å²) in [5.74, 6) is 0.229. The minimum Gasteiger partial charge on any atom is -0.341 e. The van der Waals surface area contributed by atoms with Crippen LogP contribution in [0.15, 0.2) is 0 Å². The zero-order valence-electron chi connectivity index (χ0n) is 18.5. The summed E-state index contributed by atoms with van der Waals surface area (Å²) in [5, 5.41) is 3.20. The number of amides is 1. The first kappa shape index (κ1) is 25.4. The molecule has 1 atom stereocenters. The van der Waals surface area contributed by atoms with Crippen molar-refractivity contribution < 1.29 is 4.79 Å². The monoisotopic (exact) mass is 368 g/mol. The average Bonchev–Trinajstić information content (AvgIpc) is 2.65. The first-order valence-corrected chi connectivity index (χ1v) is 11.7. The molecule has 1 unspecified atom stereocenters. The van der Waals surface area contributed by atoms with Crippen LogP contribution in [0.1, 0.15) is 124 Å². The fraction of sp³-hybridized carbons (Fsp3) is 0.957. The number of carbonyl (C=O) groups is 1. The molecule has 0 saturated heterocycles. The highest BCUT2D eigenvalue weighted by molar-refractivity contribution is 5.76. The van der Waals surface area contributed by atoms with E-state index in [4.69, 9.17) is 0 Å². The molecule has 0 aromatic heterocycles. The van der Waals surface area contributed by atoms with Crippen molar-refractivity contribution in [2.75, 3.05) is 13.1 Å². The van der Waals surface area contributed by atoms with Crippen molar-refractivity contribution in [1.29, 1.82) is 0 Å². The molecule has 0 aliphatic rings. The number of unbranched alkanes of at least 4 members (excludes halogenated alkanes) is 12. The van der Waals surface area contributed by atoms with Gasteiger partial charge in [-0.2, -0.15) is 0 Å². The summed E-state index contributed by atoms with van der Waals surface area (Å²) in [6, 6.07) is 0. The SMILES string of the molecule is CCCCCCCCCCCCCCCC(=O)NC(CC)N(CC)CC. The summed E-state index contributed by atoms with van der Waals surface area (Å²) in [4.78, 5) is 14.4. The Hall–Kier alpha value is -0.570. The number of nitrogens with zero attached hydrogens (tertiary/aromatic N) is 1. The molecule has 0 aliphatic carbocycles. The van der Waals surface area contributed by atoms with E-state index in [0.29, 0.717) is 6.42 Å². The van der Waals surface area contributed by atoms with Crippen LogP contribution in [0.5, 0.6) is 0 Å². The number of carbonyl (C=O) groups excluding carboxylic acids is 1. The third-order valence-corrected chi connectivity index (χ3v) is 5.47. The van der Waals surface area contributed by atoms with Gasteiger partial charge in [-0.25, -0.2) is 0 Å². The summed E-state index contributed by atoms with van der Waals surface area (Å²) in [6.45, 7) is 10.7. The average molecular weight is 369 g/mol. The molecular weight excluding hydrogens is 320 g/mol. The molecule has 0 bridgehead atoms. The molecule has 0 spiro atoms. The van der Waals surface area contributed by atoms with Crippen LogP contribution in [0.4, 0.5) is 0 Å². The van der Waals surface area contributed by atoms with Gasteiger partial charge in [-0.1, -0.05) is 105 Å². The lowest BCUT2D eigenvalue weighted by molar-refractivity contribution is -0.123. The van der Waals surface area contributed by atoms with Gasteiger partial charge in [0, 0.05) is 6.42 Å². The molecule has 0 radical (unpaired) electrons. The topological polar surface area (TPSA) is 32.3 Å². The van der Waals surface area contributed by atoms with Crippen LogP contribution in [0.25, 0.3) is 0 Å².